The molecule has 1 aromatic heterocycles. The third kappa shape index (κ3) is 2.91. The first kappa shape index (κ1) is 13.9. The van der Waals surface area contributed by atoms with Crippen molar-refractivity contribution in [1.82, 2.24) is 4.98 Å². The van der Waals surface area contributed by atoms with E-state index < -0.39 is 27.4 Å². The van der Waals surface area contributed by atoms with Crippen molar-refractivity contribution in [2.45, 2.75) is 4.90 Å². The SMILES string of the molecule is O=C(O)c1ccc(NS(=O)(=O)c2cccnc2)cc1F. The summed E-state index contributed by atoms with van der Waals surface area (Å²) < 4.78 is 39.5. The molecule has 8 heteroatoms. The highest BCUT2D eigenvalue weighted by Gasteiger charge is 2.16. The van der Waals surface area contributed by atoms with Gasteiger partial charge in [0.25, 0.3) is 10.0 Å². The van der Waals surface area contributed by atoms with Crippen LogP contribution in [0.2, 0.25) is 0 Å². The van der Waals surface area contributed by atoms with E-state index in [0.717, 1.165) is 18.3 Å². The first-order valence-corrected chi connectivity index (χ1v) is 6.84. The average molecular weight is 296 g/mol. The lowest BCUT2D eigenvalue weighted by atomic mass is 10.2. The van der Waals surface area contributed by atoms with E-state index in [0.29, 0.717) is 0 Å². The molecule has 0 unspecified atom stereocenters. The van der Waals surface area contributed by atoms with E-state index in [9.17, 15) is 17.6 Å². The van der Waals surface area contributed by atoms with E-state index in [-0.39, 0.29) is 10.6 Å². The van der Waals surface area contributed by atoms with Crippen LogP contribution in [0.5, 0.6) is 0 Å². The minimum atomic E-state index is -3.89. The number of rotatable bonds is 4. The van der Waals surface area contributed by atoms with Crippen LogP contribution in [0.25, 0.3) is 0 Å². The number of nitrogens with zero attached hydrogens (tertiary/aromatic N) is 1. The maximum atomic E-state index is 13.5. The van der Waals surface area contributed by atoms with Gasteiger partial charge in [0, 0.05) is 12.4 Å². The zero-order chi connectivity index (χ0) is 14.8. The molecule has 0 bridgehead atoms. The molecule has 0 radical (unpaired) electrons. The molecule has 0 saturated heterocycles. The fourth-order valence-electron chi connectivity index (χ4n) is 1.47. The first-order valence-electron chi connectivity index (χ1n) is 5.36. The van der Waals surface area contributed by atoms with Gasteiger partial charge in [0.15, 0.2) is 0 Å². The van der Waals surface area contributed by atoms with E-state index in [1.54, 1.807) is 0 Å². The third-order valence-electron chi connectivity index (χ3n) is 2.40. The van der Waals surface area contributed by atoms with Gasteiger partial charge in [-0.25, -0.2) is 17.6 Å². The summed E-state index contributed by atoms with van der Waals surface area (Å²) in [5, 5.41) is 8.68. The number of anilines is 1. The number of aromatic carboxylic acids is 1. The van der Waals surface area contributed by atoms with Crippen molar-refractivity contribution in [2.24, 2.45) is 0 Å². The first-order chi connectivity index (χ1) is 9.40. The van der Waals surface area contributed by atoms with Gasteiger partial charge in [-0.2, -0.15) is 0 Å². The fraction of sp³-hybridized carbons (Fsp3) is 0. The van der Waals surface area contributed by atoms with Crippen LogP contribution in [0.1, 0.15) is 10.4 Å². The van der Waals surface area contributed by atoms with Gasteiger partial charge in [-0.15, -0.1) is 0 Å². The van der Waals surface area contributed by atoms with Crippen LogP contribution in [0.15, 0.2) is 47.6 Å². The minimum absolute atomic E-state index is 0.0728. The van der Waals surface area contributed by atoms with E-state index in [2.05, 4.69) is 9.71 Å². The summed E-state index contributed by atoms with van der Waals surface area (Å²) in [6.07, 6.45) is 2.56. The summed E-state index contributed by atoms with van der Waals surface area (Å²) in [6, 6.07) is 5.73. The normalized spacial score (nSPS) is 11.1. The molecule has 104 valence electrons. The molecule has 0 atom stereocenters. The predicted molar refractivity (Wildman–Crippen MR) is 68.4 cm³/mol. The van der Waals surface area contributed by atoms with Gasteiger partial charge in [-0.3, -0.25) is 9.71 Å². The largest absolute Gasteiger partial charge is 0.478 e. The number of aromatic nitrogens is 1. The van der Waals surface area contributed by atoms with Gasteiger partial charge in [-0.1, -0.05) is 0 Å². The molecular weight excluding hydrogens is 287 g/mol. The molecule has 2 aromatic rings. The zero-order valence-corrected chi connectivity index (χ0v) is 10.8. The Morgan fingerprint density at radius 3 is 2.60 bits per heavy atom. The van der Waals surface area contributed by atoms with Crippen molar-refractivity contribution in [3.63, 3.8) is 0 Å². The zero-order valence-electron chi connectivity index (χ0n) is 9.95. The highest BCUT2D eigenvalue weighted by atomic mass is 32.2. The predicted octanol–water partition coefficient (Wildman–Crippen LogP) is 1.72. The highest BCUT2D eigenvalue weighted by Crippen LogP contribution is 2.18. The van der Waals surface area contributed by atoms with Crippen molar-refractivity contribution >= 4 is 21.7 Å². The lowest BCUT2D eigenvalue weighted by Gasteiger charge is -2.08. The number of sulfonamides is 1. The summed E-state index contributed by atoms with van der Waals surface area (Å²) in [5.74, 6) is -2.45. The number of carboxylic acids is 1. The second-order valence-corrected chi connectivity index (χ2v) is 5.48. The number of halogens is 1. The van der Waals surface area contributed by atoms with Crippen LogP contribution in [0.4, 0.5) is 10.1 Å². The second kappa shape index (κ2) is 5.25. The van der Waals surface area contributed by atoms with Crippen LogP contribution >= 0.6 is 0 Å². The van der Waals surface area contributed by atoms with Gasteiger partial charge in [-0.05, 0) is 30.3 Å². The molecule has 0 fully saturated rings. The third-order valence-corrected chi connectivity index (χ3v) is 3.76. The fourth-order valence-corrected chi connectivity index (χ4v) is 2.48. The quantitative estimate of drug-likeness (QED) is 0.895. The van der Waals surface area contributed by atoms with Crippen molar-refractivity contribution < 1.29 is 22.7 Å². The number of carbonyl (C=O) groups is 1. The number of benzene rings is 1. The average Bonchev–Trinajstić information content (AvgIpc) is 2.39. The second-order valence-electron chi connectivity index (χ2n) is 3.79. The lowest BCUT2D eigenvalue weighted by molar-refractivity contribution is 0.0692. The molecular formula is C12H9FN2O4S. The highest BCUT2D eigenvalue weighted by molar-refractivity contribution is 7.92. The molecule has 6 nitrogen and oxygen atoms in total. The Hall–Kier alpha value is -2.48. The Bertz CT molecular complexity index is 747. The summed E-state index contributed by atoms with van der Waals surface area (Å²) in [6.45, 7) is 0. The van der Waals surface area contributed by atoms with Crippen molar-refractivity contribution in [2.75, 3.05) is 4.72 Å². The maximum absolute atomic E-state index is 13.5. The van der Waals surface area contributed by atoms with Crippen molar-refractivity contribution in [1.29, 1.82) is 0 Å². The molecule has 0 aliphatic rings. The van der Waals surface area contributed by atoms with Crippen molar-refractivity contribution in [3.05, 3.63) is 54.1 Å². The number of nitrogens with one attached hydrogen (secondary N) is 1. The van der Waals surface area contributed by atoms with E-state index in [1.165, 1.54) is 24.4 Å². The summed E-state index contributed by atoms with van der Waals surface area (Å²) in [4.78, 5) is 14.2. The minimum Gasteiger partial charge on any atom is -0.478 e. The number of pyridine rings is 1. The monoisotopic (exact) mass is 296 g/mol. The Balaban J connectivity index is 2.31. The Morgan fingerprint density at radius 1 is 1.30 bits per heavy atom. The molecule has 0 amide bonds. The van der Waals surface area contributed by atoms with E-state index in [1.807, 2.05) is 0 Å². The molecule has 0 aliphatic heterocycles. The van der Waals surface area contributed by atoms with Crippen LogP contribution in [0, 0.1) is 5.82 Å². The molecule has 1 heterocycles. The lowest BCUT2D eigenvalue weighted by Crippen LogP contribution is -2.13. The molecule has 2 N–H and O–H groups in total. The van der Waals surface area contributed by atoms with Gasteiger partial charge in [0.2, 0.25) is 0 Å². The molecule has 2 rings (SSSR count). The molecule has 0 aliphatic carbocycles. The smallest absolute Gasteiger partial charge is 0.338 e. The summed E-state index contributed by atoms with van der Waals surface area (Å²) >= 11 is 0. The summed E-state index contributed by atoms with van der Waals surface area (Å²) in [7, 11) is -3.89. The molecule has 0 spiro atoms. The van der Waals surface area contributed by atoms with Gasteiger partial charge in [0.1, 0.15) is 10.7 Å². The Morgan fingerprint density at radius 2 is 2.05 bits per heavy atom. The standard InChI is InChI=1S/C12H9FN2O4S/c13-11-6-8(3-4-10(11)12(16)17)15-20(18,19)9-2-1-5-14-7-9/h1-7,15H,(H,16,17). The van der Waals surface area contributed by atoms with E-state index in [4.69, 9.17) is 5.11 Å². The number of hydrogen-bond donors (Lipinski definition) is 2. The van der Waals surface area contributed by atoms with Crippen LogP contribution in [-0.2, 0) is 10.0 Å². The maximum Gasteiger partial charge on any atom is 0.338 e. The van der Waals surface area contributed by atoms with Crippen LogP contribution in [-0.4, -0.2) is 24.5 Å². The van der Waals surface area contributed by atoms with Gasteiger partial charge < -0.3 is 5.11 Å². The molecule has 1 aromatic carbocycles. The summed E-state index contributed by atoms with van der Waals surface area (Å²) in [5.41, 5.74) is -0.606. The Kier molecular flexibility index (Phi) is 3.66. The Labute approximate surface area is 114 Å². The number of hydrogen-bond acceptors (Lipinski definition) is 4. The van der Waals surface area contributed by atoms with Crippen LogP contribution < -0.4 is 4.72 Å². The molecule has 0 saturated carbocycles. The van der Waals surface area contributed by atoms with Crippen molar-refractivity contribution in [3.8, 4) is 0 Å². The van der Waals surface area contributed by atoms with Gasteiger partial charge >= 0.3 is 5.97 Å². The van der Waals surface area contributed by atoms with Crippen LogP contribution in [0.3, 0.4) is 0 Å². The topological polar surface area (TPSA) is 96.4 Å². The number of carboxylic acid groups (broad SMARTS) is 1. The van der Waals surface area contributed by atoms with Gasteiger partial charge in [0.05, 0.1) is 11.3 Å². The molecule has 20 heavy (non-hydrogen) atoms. The van der Waals surface area contributed by atoms with E-state index >= 15 is 0 Å².